The second-order valence-electron chi connectivity index (χ2n) is 10.8. The number of nitrogens with one attached hydrogen (secondary N) is 1. The van der Waals surface area contributed by atoms with Crippen molar-refractivity contribution in [2.75, 3.05) is 13.1 Å². The van der Waals surface area contributed by atoms with Crippen molar-refractivity contribution >= 4 is 29.7 Å². The summed E-state index contributed by atoms with van der Waals surface area (Å²) in [7, 11) is 0. The van der Waals surface area contributed by atoms with Crippen LogP contribution in [0.3, 0.4) is 0 Å². The number of carboxylic acid groups (broad SMARTS) is 1. The molecule has 0 bridgehead atoms. The molecule has 6 N–H and O–H groups in total. The molecule has 2 aliphatic rings. The summed E-state index contributed by atoms with van der Waals surface area (Å²) >= 11 is 0. The Bertz CT molecular complexity index is 1530. The first-order valence-electron chi connectivity index (χ1n) is 14.0. The van der Waals surface area contributed by atoms with Crippen molar-refractivity contribution < 1.29 is 29.0 Å². The highest BCUT2D eigenvalue weighted by Gasteiger charge is 2.71. The summed E-state index contributed by atoms with van der Waals surface area (Å²) in [6.07, 6.45) is -1.41. The third-order valence-electron chi connectivity index (χ3n) is 8.28. The lowest BCUT2D eigenvalue weighted by atomic mass is 9.82. The number of imide groups is 1. The van der Waals surface area contributed by atoms with E-state index >= 15 is 0 Å². The van der Waals surface area contributed by atoms with E-state index < -0.39 is 47.5 Å². The van der Waals surface area contributed by atoms with E-state index in [2.05, 4.69) is 0 Å². The number of carbonyl (C=O) groups excluding carboxylic acids is 3. The van der Waals surface area contributed by atoms with Gasteiger partial charge in [0.25, 0.3) is 0 Å². The Hall–Kier alpha value is -5.03. The van der Waals surface area contributed by atoms with Gasteiger partial charge in [-0.25, -0.2) is 4.79 Å². The van der Waals surface area contributed by atoms with Crippen LogP contribution in [0.2, 0.25) is 0 Å². The van der Waals surface area contributed by atoms with E-state index in [-0.39, 0.29) is 31.8 Å². The summed E-state index contributed by atoms with van der Waals surface area (Å²) < 4.78 is 5.74. The molecule has 2 fully saturated rings. The van der Waals surface area contributed by atoms with Crippen molar-refractivity contribution in [3.05, 3.63) is 107 Å². The van der Waals surface area contributed by atoms with Crippen LogP contribution in [0, 0.1) is 17.2 Å². The standard InChI is InChI=1S/C32H33N5O6/c33-24(38)16-18-37-27(22-11-13-23(14-12-22)28(34)35)25-26(32(37,43-31(41)42)19-21-9-5-2-6-10-21)30(40)36(29(25)39)17-15-20-7-3-1-4-8-20/h1-14,25-27H,15-19H2,(H2,33,38)(H3,34,35)(H,41,42). The van der Waals surface area contributed by atoms with Gasteiger partial charge >= 0.3 is 6.16 Å². The van der Waals surface area contributed by atoms with Crippen molar-refractivity contribution in [1.29, 1.82) is 5.41 Å². The highest BCUT2D eigenvalue weighted by Crippen LogP contribution is 2.56. The molecule has 0 radical (unpaired) electrons. The van der Waals surface area contributed by atoms with Gasteiger partial charge in [-0.05, 0) is 23.1 Å². The molecule has 3 aromatic carbocycles. The molecule has 0 spiro atoms. The lowest BCUT2D eigenvalue weighted by Gasteiger charge is -2.42. The van der Waals surface area contributed by atoms with Crippen molar-refractivity contribution in [3.8, 4) is 0 Å². The summed E-state index contributed by atoms with van der Waals surface area (Å²) in [5.74, 6) is -3.96. The number of hydrogen-bond donors (Lipinski definition) is 4. The Balaban J connectivity index is 1.66. The quantitative estimate of drug-likeness (QED) is 0.115. The average Bonchev–Trinajstić information content (AvgIpc) is 3.39. The number of ether oxygens (including phenoxy) is 1. The predicted octanol–water partition coefficient (Wildman–Crippen LogP) is 2.68. The fourth-order valence-electron chi connectivity index (χ4n) is 6.47. The van der Waals surface area contributed by atoms with Gasteiger partial charge in [0.15, 0.2) is 5.72 Å². The second-order valence-corrected chi connectivity index (χ2v) is 10.8. The Labute approximate surface area is 248 Å². The SMILES string of the molecule is N=C(N)c1ccc(C2C3C(=O)N(CCc4ccccc4)C(=O)C3C(Cc3ccccc3)(OC(=O)O)N2CCC(N)=O)cc1. The molecule has 4 atom stereocenters. The van der Waals surface area contributed by atoms with Gasteiger partial charge in [-0.15, -0.1) is 0 Å². The van der Waals surface area contributed by atoms with E-state index in [1.54, 1.807) is 53.4 Å². The molecular formula is C32H33N5O6. The van der Waals surface area contributed by atoms with E-state index in [9.17, 15) is 24.3 Å². The van der Waals surface area contributed by atoms with E-state index in [1.807, 2.05) is 36.4 Å². The molecule has 43 heavy (non-hydrogen) atoms. The minimum Gasteiger partial charge on any atom is -0.450 e. The fraction of sp³-hybridized carbons (Fsp3) is 0.281. The van der Waals surface area contributed by atoms with Gasteiger partial charge in [-0.1, -0.05) is 84.9 Å². The van der Waals surface area contributed by atoms with Gasteiger partial charge in [-0.2, -0.15) is 0 Å². The minimum atomic E-state index is -1.83. The van der Waals surface area contributed by atoms with Gasteiger partial charge in [0, 0.05) is 31.5 Å². The molecule has 0 saturated carbocycles. The molecule has 11 heteroatoms. The van der Waals surface area contributed by atoms with Gasteiger partial charge < -0.3 is 21.3 Å². The number of hydrogen-bond acceptors (Lipinski definition) is 7. The third-order valence-corrected chi connectivity index (χ3v) is 8.28. The number of nitrogens with zero attached hydrogens (tertiary/aromatic N) is 2. The Morgan fingerprint density at radius 1 is 0.860 bits per heavy atom. The third kappa shape index (κ3) is 5.71. The Morgan fingerprint density at radius 3 is 2.02 bits per heavy atom. The Morgan fingerprint density at radius 2 is 1.47 bits per heavy atom. The van der Waals surface area contributed by atoms with Gasteiger partial charge in [-0.3, -0.25) is 29.6 Å². The zero-order chi connectivity index (χ0) is 30.7. The first kappa shape index (κ1) is 29.5. The summed E-state index contributed by atoms with van der Waals surface area (Å²) in [6, 6.07) is 24.2. The molecule has 2 heterocycles. The lowest BCUT2D eigenvalue weighted by Crippen LogP contribution is -2.57. The molecule has 11 nitrogen and oxygen atoms in total. The van der Waals surface area contributed by atoms with E-state index in [4.69, 9.17) is 21.6 Å². The molecule has 2 saturated heterocycles. The first-order valence-corrected chi connectivity index (χ1v) is 14.0. The highest BCUT2D eigenvalue weighted by molar-refractivity contribution is 6.07. The number of amidine groups is 1. The topological polar surface area (TPSA) is 180 Å². The summed E-state index contributed by atoms with van der Waals surface area (Å²) in [5, 5.41) is 17.8. The van der Waals surface area contributed by atoms with Crippen LogP contribution in [0.25, 0.3) is 0 Å². The molecule has 0 aromatic heterocycles. The van der Waals surface area contributed by atoms with Crippen LogP contribution in [0.5, 0.6) is 0 Å². The van der Waals surface area contributed by atoms with E-state index in [0.717, 1.165) is 5.56 Å². The number of rotatable bonds is 11. The molecule has 3 amide bonds. The number of likely N-dealkylation sites (tertiary alicyclic amines) is 2. The summed E-state index contributed by atoms with van der Waals surface area (Å²) in [5.41, 5.74) is 12.0. The molecule has 0 aliphatic carbocycles. The number of amides is 3. The number of nitrogens with two attached hydrogens (primary N) is 2. The number of fused-ring (bicyclic) bond motifs is 1. The maximum absolute atomic E-state index is 14.3. The number of primary amides is 1. The molecule has 5 rings (SSSR count). The average molecular weight is 584 g/mol. The van der Waals surface area contributed by atoms with Crippen molar-refractivity contribution in [3.63, 3.8) is 0 Å². The molecule has 222 valence electrons. The molecular weight excluding hydrogens is 550 g/mol. The smallest absolute Gasteiger partial charge is 0.450 e. The van der Waals surface area contributed by atoms with Crippen molar-refractivity contribution in [2.24, 2.45) is 23.3 Å². The predicted molar refractivity (Wildman–Crippen MR) is 157 cm³/mol. The van der Waals surface area contributed by atoms with E-state index in [0.29, 0.717) is 23.1 Å². The lowest BCUT2D eigenvalue weighted by molar-refractivity contribution is -0.161. The normalized spacial score (nSPS) is 23.3. The highest BCUT2D eigenvalue weighted by atomic mass is 16.7. The first-order chi connectivity index (χ1) is 20.6. The molecule has 2 aliphatic heterocycles. The van der Waals surface area contributed by atoms with E-state index in [1.165, 1.54) is 4.90 Å². The van der Waals surface area contributed by atoms with Crippen LogP contribution in [0.15, 0.2) is 84.9 Å². The minimum absolute atomic E-state index is 0.0480. The van der Waals surface area contributed by atoms with Crippen molar-refractivity contribution in [2.45, 2.75) is 31.0 Å². The van der Waals surface area contributed by atoms with Crippen LogP contribution < -0.4 is 11.5 Å². The second kappa shape index (κ2) is 12.1. The van der Waals surface area contributed by atoms with Crippen LogP contribution in [0.1, 0.15) is 34.7 Å². The zero-order valence-corrected chi connectivity index (χ0v) is 23.4. The number of nitrogen functional groups attached to an aromatic ring is 1. The number of benzene rings is 3. The molecule has 4 unspecified atom stereocenters. The molecule has 3 aromatic rings. The summed E-state index contributed by atoms with van der Waals surface area (Å²) in [6.45, 7) is 0.0482. The maximum atomic E-state index is 14.3. The number of carbonyl (C=O) groups is 4. The monoisotopic (exact) mass is 583 g/mol. The fourth-order valence-corrected chi connectivity index (χ4v) is 6.47. The summed E-state index contributed by atoms with van der Waals surface area (Å²) in [4.78, 5) is 55.7. The van der Waals surface area contributed by atoms with Crippen LogP contribution in [0.4, 0.5) is 4.79 Å². The van der Waals surface area contributed by atoms with Gasteiger partial charge in [0.1, 0.15) is 11.8 Å². The zero-order valence-electron chi connectivity index (χ0n) is 23.4. The van der Waals surface area contributed by atoms with Gasteiger partial charge in [0.2, 0.25) is 17.7 Å². The van der Waals surface area contributed by atoms with Crippen molar-refractivity contribution in [1.82, 2.24) is 9.80 Å². The van der Waals surface area contributed by atoms with Crippen LogP contribution in [-0.4, -0.2) is 63.4 Å². The van der Waals surface area contributed by atoms with Crippen LogP contribution in [-0.2, 0) is 32.0 Å². The van der Waals surface area contributed by atoms with Gasteiger partial charge in [0.05, 0.1) is 12.0 Å². The van der Waals surface area contributed by atoms with Crippen LogP contribution >= 0.6 is 0 Å². The largest absolute Gasteiger partial charge is 0.507 e. The Kier molecular flexibility index (Phi) is 8.27. The maximum Gasteiger partial charge on any atom is 0.507 e.